The Bertz CT molecular complexity index is 1350. The molecule has 4 aromatic rings. The summed E-state index contributed by atoms with van der Waals surface area (Å²) in [7, 11) is 3.55. The van der Waals surface area contributed by atoms with Crippen LogP contribution in [0.5, 0.6) is 5.75 Å². The maximum Gasteiger partial charge on any atom is 0.338 e. The molecule has 172 valence electrons. The van der Waals surface area contributed by atoms with Crippen LogP contribution < -0.4 is 4.74 Å². The number of esters is 1. The molecule has 0 aliphatic heterocycles. The fourth-order valence-corrected chi connectivity index (χ4v) is 4.09. The van der Waals surface area contributed by atoms with Crippen molar-refractivity contribution in [3.05, 3.63) is 54.2 Å². The van der Waals surface area contributed by atoms with Crippen LogP contribution in [-0.2, 0) is 24.8 Å². The van der Waals surface area contributed by atoms with E-state index in [2.05, 4.69) is 36.3 Å². The van der Waals surface area contributed by atoms with Gasteiger partial charge in [-0.15, -0.1) is 6.58 Å². The maximum absolute atomic E-state index is 12.5. The Morgan fingerprint density at radius 1 is 1.21 bits per heavy atom. The number of hydrogen-bond donors (Lipinski definition) is 0. The number of imidazole rings is 1. The van der Waals surface area contributed by atoms with Crippen LogP contribution in [0.3, 0.4) is 0 Å². The third-order valence-corrected chi connectivity index (χ3v) is 5.68. The molecular weight excluding hydrogens is 416 g/mol. The summed E-state index contributed by atoms with van der Waals surface area (Å²) < 4.78 is 15.2. The number of pyridine rings is 1. The van der Waals surface area contributed by atoms with Gasteiger partial charge in [-0.25, -0.2) is 14.8 Å². The van der Waals surface area contributed by atoms with Crippen LogP contribution in [0.15, 0.2) is 43.0 Å². The third-order valence-electron chi connectivity index (χ3n) is 5.68. The van der Waals surface area contributed by atoms with E-state index in [1.807, 2.05) is 31.5 Å². The van der Waals surface area contributed by atoms with Crippen LogP contribution >= 0.6 is 0 Å². The van der Waals surface area contributed by atoms with Gasteiger partial charge >= 0.3 is 5.97 Å². The van der Waals surface area contributed by atoms with Gasteiger partial charge in [-0.2, -0.15) is 0 Å². The van der Waals surface area contributed by atoms with Crippen LogP contribution in [-0.4, -0.2) is 38.3 Å². The van der Waals surface area contributed by atoms with Gasteiger partial charge in [-0.1, -0.05) is 13.0 Å². The highest BCUT2D eigenvalue weighted by molar-refractivity contribution is 5.97. The summed E-state index contributed by atoms with van der Waals surface area (Å²) in [5, 5.41) is 1.06. The fraction of sp³-hybridized carbons (Fsp3) is 0.346. The minimum absolute atomic E-state index is 0.209. The second-order valence-electron chi connectivity index (χ2n) is 8.32. The lowest BCUT2D eigenvalue weighted by atomic mass is 10.2. The molecule has 3 aromatic heterocycles. The monoisotopic (exact) mass is 446 g/mol. The molecule has 0 spiro atoms. The number of rotatable bonds is 8. The van der Waals surface area contributed by atoms with Gasteiger partial charge in [0.25, 0.3) is 0 Å². The molecule has 7 nitrogen and oxygen atoms in total. The molecule has 0 unspecified atom stereocenters. The first kappa shape index (κ1) is 22.6. The molecule has 0 aliphatic carbocycles. The third kappa shape index (κ3) is 4.11. The summed E-state index contributed by atoms with van der Waals surface area (Å²) in [6.07, 6.45) is 3.38. The van der Waals surface area contributed by atoms with E-state index in [1.165, 1.54) is 0 Å². The SMILES string of the molecule is C=CCCn1c(-c2nc3cc(C(=O)OC(C)C)cc(OC)c3n2C)cc2ccc(CC)nc21. The second-order valence-corrected chi connectivity index (χ2v) is 8.32. The zero-order valence-corrected chi connectivity index (χ0v) is 19.9. The number of benzene rings is 1. The van der Waals surface area contributed by atoms with E-state index in [-0.39, 0.29) is 6.10 Å². The van der Waals surface area contributed by atoms with E-state index in [1.54, 1.807) is 19.2 Å². The molecule has 0 atom stereocenters. The number of methoxy groups -OCH3 is 1. The summed E-state index contributed by atoms with van der Waals surface area (Å²) in [6.45, 7) is 10.4. The zero-order chi connectivity index (χ0) is 23.7. The van der Waals surface area contributed by atoms with E-state index in [4.69, 9.17) is 19.4 Å². The number of ether oxygens (including phenoxy) is 2. The molecule has 33 heavy (non-hydrogen) atoms. The Kier molecular flexibility index (Phi) is 6.22. The first-order chi connectivity index (χ1) is 15.9. The Morgan fingerprint density at radius 2 is 2.00 bits per heavy atom. The lowest BCUT2D eigenvalue weighted by molar-refractivity contribution is 0.0377. The molecular formula is C26H30N4O3. The first-order valence-corrected chi connectivity index (χ1v) is 11.2. The molecule has 3 heterocycles. The highest BCUT2D eigenvalue weighted by Crippen LogP contribution is 2.34. The molecule has 0 radical (unpaired) electrons. The number of carbonyl (C=O) groups is 1. The number of allylic oxidation sites excluding steroid dienone is 1. The molecule has 7 heteroatoms. The number of nitrogens with zero attached hydrogens (tertiary/aromatic N) is 4. The first-order valence-electron chi connectivity index (χ1n) is 11.2. The summed E-state index contributed by atoms with van der Waals surface area (Å²) >= 11 is 0. The number of fused-ring (bicyclic) bond motifs is 2. The molecule has 0 saturated heterocycles. The van der Waals surface area contributed by atoms with Crippen molar-refractivity contribution in [1.29, 1.82) is 0 Å². The van der Waals surface area contributed by atoms with E-state index >= 15 is 0 Å². The maximum atomic E-state index is 12.5. The van der Waals surface area contributed by atoms with Crippen LogP contribution in [0.25, 0.3) is 33.6 Å². The topological polar surface area (TPSA) is 71.2 Å². The van der Waals surface area contributed by atoms with E-state index in [0.717, 1.165) is 53.1 Å². The van der Waals surface area contributed by atoms with Crippen molar-refractivity contribution in [3.8, 4) is 17.3 Å². The molecule has 4 rings (SSSR count). The van der Waals surface area contributed by atoms with E-state index < -0.39 is 5.97 Å². The number of carbonyl (C=O) groups excluding carboxylic acids is 1. The van der Waals surface area contributed by atoms with Crippen molar-refractivity contribution in [2.45, 2.75) is 46.3 Å². The van der Waals surface area contributed by atoms with Gasteiger partial charge in [0.1, 0.15) is 16.9 Å². The van der Waals surface area contributed by atoms with Crippen LogP contribution in [0.2, 0.25) is 0 Å². The van der Waals surface area contributed by atoms with Crippen LogP contribution in [0.4, 0.5) is 0 Å². The summed E-state index contributed by atoms with van der Waals surface area (Å²) in [6, 6.07) is 9.76. The molecule has 0 N–H and O–H groups in total. The van der Waals surface area contributed by atoms with Crippen molar-refractivity contribution < 1.29 is 14.3 Å². The number of aryl methyl sites for hydroxylation is 3. The van der Waals surface area contributed by atoms with E-state index in [0.29, 0.717) is 16.8 Å². The number of hydrogen-bond acceptors (Lipinski definition) is 5. The highest BCUT2D eigenvalue weighted by atomic mass is 16.5. The van der Waals surface area contributed by atoms with Crippen LogP contribution in [0.1, 0.15) is 43.2 Å². The lowest BCUT2D eigenvalue weighted by Gasteiger charge is -2.11. The zero-order valence-electron chi connectivity index (χ0n) is 19.9. The predicted octanol–water partition coefficient (Wildman–Crippen LogP) is 5.30. The van der Waals surface area contributed by atoms with Gasteiger partial charge in [-0.3, -0.25) is 0 Å². The van der Waals surface area contributed by atoms with Crippen molar-refractivity contribution >= 4 is 28.0 Å². The predicted molar refractivity (Wildman–Crippen MR) is 131 cm³/mol. The minimum Gasteiger partial charge on any atom is -0.494 e. The average molecular weight is 447 g/mol. The van der Waals surface area contributed by atoms with Gasteiger partial charge in [0, 0.05) is 24.7 Å². The van der Waals surface area contributed by atoms with Gasteiger partial charge in [0.2, 0.25) is 0 Å². The molecule has 0 bridgehead atoms. The standard InChI is InChI=1S/C26H30N4O3/c1-7-9-12-30-21(14-17-10-11-19(8-2)27-24(17)30)25-28-20-13-18(26(31)33-16(3)4)15-22(32-6)23(20)29(25)5/h7,10-11,13-16H,1,8-9,12H2,2-6H3. The fourth-order valence-electron chi connectivity index (χ4n) is 4.09. The second kappa shape index (κ2) is 9.10. The molecule has 0 fully saturated rings. The average Bonchev–Trinajstić information content (AvgIpc) is 3.33. The van der Waals surface area contributed by atoms with Crippen molar-refractivity contribution in [2.24, 2.45) is 7.05 Å². The normalized spacial score (nSPS) is 11.5. The lowest BCUT2D eigenvalue weighted by Crippen LogP contribution is -2.11. The van der Waals surface area contributed by atoms with Gasteiger partial charge < -0.3 is 18.6 Å². The molecule has 1 aromatic carbocycles. The van der Waals surface area contributed by atoms with E-state index in [9.17, 15) is 4.79 Å². The van der Waals surface area contributed by atoms with Crippen molar-refractivity contribution in [2.75, 3.05) is 7.11 Å². The van der Waals surface area contributed by atoms with Crippen molar-refractivity contribution in [3.63, 3.8) is 0 Å². The summed E-state index contributed by atoms with van der Waals surface area (Å²) in [5.41, 5.74) is 4.85. The van der Waals surface area contributed by atoms with Gasteiger partial charge in [0.15, 0.2) is 5.82 Å². The highest BCUT2D eigenvalue weighted by Gasteiger charge is 2.22. The Labute approximate surface area is 193 Å². The Balaban J connectivity index is 1.93. The summed E-state index contributed by atoms with van der Waals surface area (Å²) in [5.74, 6) is 0.955. The largest absolute Gasteiger partial charge is 0.494 e. The Morgan fingerprint density at radius 3 is 2.67 bits per heavy atom. The molecule has 0 aliphatic rings. The minimum atomic E-state index is -0.395. The number of aromatic nitrogens is 4. The molecule has 0 amide bonds. The Hall–Kier alpha value is -3.61. The van der Waals surface area contributed by atoms with Gasteiger partial charge in [0.05, 0.1) is 30.0 Å². The van der Waals surface area contributed by atoms with Gasteiger partial charge in [-0.05, 0) is 57.0 Å². The smallest absolute Gasteiger partial charge is 0.338 e. The quantitative estimate of drug-likeness (QED) is 0.271. The summed E-state index contributed by atoms with van der Waals surface area (Å²) in [4.78, 5) is 22.3. The molecule has 0 saturated carbocycles. The van der Waals surface area contributed by atoms with Crippen molar-refractivity contribution in [1.82, 2.24) is 19.1 Å². The van der Waals surface area contributed by atoms with Crippen LogP contribution in [0, 0.1) is 0 Å².